The van der Waals surface area contributed by atoms with Crippen LogP contribution in [0.2, 0.25) is 0 Å². The second-order valence-corrected chi connectivity index (χ2v) is 9.57. The van der Waals surface area contributed by atoms with Gasteiger partial charge in [0.2, 0.25) is 5.88 Å². The molecule has 2 amide bonds. The lowest BCUT2D eigenvalue weighted by Crippen LogP contribution is -2.42. The Bertz CT molecular complexity index is 1470. The van der Waals surface area contributed by atoms with Crippen LogP contribution in [-0.4, -0.2) is 57.2 Å². The van der Waals surface area contributed by atoms with Crippen LogP contribution >= 0.6 is 0 Å². The van der Waals surface area contributed by atoms with E-state index in [9.17, 15) is 31.9 Å². The minimum atomic E-state index is -4.71. The molecular formula is C26H25F5N8O3. The number of aromatic nitrogens is 3. The number of para-hydroxylation sites is 1. The van der Waals surface area contributed by atoms with Crippen LogP contribution < -0.4 is 10.1 Å². The molecule has 0 radical (unpaired) electrons. The predicted molar refractivity (Wildman–Crippen MR) is 138 cm³/mol. The molecule has 1 saturated heterocycles. The minimum Gasteiger partial charge on any atom is -0.474 e. The molecule has 16 heteroatoms. The van der Waals surface area contributed by atoms with E-state index < -0.39 is 59.9 Å². The van der Waals surface area contributed by atoms with Crippen molar-refractivity contribution in [1.29, 1.82) is 0 Å². The Morgan fingerprint density at radius 2 is 1.83 bits per heavy atom. The van der Waals surface area contributed by atoms with E-state index in [2.05, 4.69) is 30.3 Å². The Hall–Kier alpha value is -4.56. The number of rotatable bonds is 8. The van der Waals surface area contributed by atoms with Crippen molar-refractivity contribution in [2.45, 2.75) is 37.5 Å². The van der Waals surface area contributed by atoms with Crippen LogP contribution in [0.4, 0.5) is 32.4 Å². The van der Waals surface area contributed by atoms with Crippen molar-refractivity contribution in [1.82, 2.24) is 19.9 Å². The van der Waals surface area contributed by atoms with Gasteiger partial charge in [0.15, 0.2) is 0 Å². The van der Waals surface area contributed by atoms with E-state index in [-0.39, 0.29) is 24.6 Å². The van der Waals surface area contributed by atoms with E-state index in [0.717, 1.165) is 24.3 Å². The molecule has 0 saturated carbocycles. The van der Waals surface area contributed by atoms with E-state index in [1.165, 1.54) is 23.2 Å². The highest BCUT2D eigenvalue weighted by molar-refractivity contribution is 5.89. The first-order valence-corrected chi connectivity index (χ1v) is 12.7. The molecule has 0 aliphatic carbocycles. The zero-order valence-corrected chi connectivity index (χ0v) is 22.1. The normalized spacial score (nSPS) is 15.5. The van der Waals surface area contributed by atoms with Gasteiger partial charge in [-0.25, -0.2) is 28.5 Å². The van der Waals surface area contributed by atoms with Crippen molar-refractivity contribution in [3.8, 4) is 5.88 Å². The number of carbonyl (C=O) groups excluding carboxylic acids is 1. The second-order valence-electron chi connectivity index (χ2n) is 9.57. The highest BCUT2D eigenvalue weighted by Gasteiger charge is 2.38. The Morgan fingerprint density at radius 3 is 2.48 bits per heavy atom. The topological polar surface area (TPSA) is 149 Å². The van der Waals surface area contributed by atoms with Gasteiger partial charge in [0.25, 0.3) is 0 Å². The Kier molecular flexibility index (Phi) is 9.07. The smallest absolute Gasteiger partial charge is 0.433 e. The number of nitrogens with zero attached hydrogens (tertiary/aromatic N) is 7. The molecule has 2 N–H and O–H groups in total. The molecule has 0 bridgehead atoms. The highest BCUT2D eigenvalue weighted by Crippen LogP contribution is 2.35. The standard InChI is InChI=1S/C26H25F5N8O3/c1-15-33-12-17(25(41,13-34-38-32)14-42-21-7-3-6-20(36-21)26(29,30)31)22(35-15)16-8-10-39(11-9-16)24(40)37-23-18(27)4-2-5-19(23)28/h2-7,12,16,41H,8-11,13-14H2,1H3,(H,37,40). The van der Waals surface area contributed by atoms with Gasteiger partial charge in [-0.15, -0.1) is 0 Å². The van der Waals surface area contributed by atoms with Crippen LogP contribution in [0.5, 0.6) is 5.88 Å². The van der Waals surface area contributed by atoms with E-state index in [4.69, 9.17) is 10.3 Å². The lowest BCUT2D eigenvalue weighted by Gasteiger charge is -2.35. The lowest BCUT2D eigenvalue weighted by molar-refractivity contribution is -0.141. The fraction of sp³-hybridized carbons (Fsp3) is 0.385. The SMILES string of the molecule is Cc1ncc(C(O)(CN=[N+]=[N-])COc2cccc(C(F)(F)F)n2)c(C2CCN(C(=O)Nc3c(F)cccc3F)CC2)n1. The Labute approximate surface area is 236 Å². The number of pyridine rings is 1. The van der Waals surface area contributed by atoms with E-state index >= 15 is 0 Å². The maximum absolute atomic E-state index is 14.0. The molecule has 1 aliphatic heterocycles. The zero-order chi connectivity index (χ0) is 30.5. The largest absolute Gasteiger partial charge is 0.474 e. The first-order valence-electron chi connectivity index (χ1n) is 12.7. The monoisotopic (exact) mass is 592 g/mol. The summed E-state index contributed by atoms with van der Waals surface area (Å²) in [5, 5.41) is 17.3. The zero-order valence-electron chi connectivity index (χ0n) is 22.1. The number of likely N-dealkylation sites (tertiary alicyclic amines) is 1. The molecule has 1 aliphatic rings. The van der Waals surface area contributed by atoms with Gasteiger partial charge < -0.3 is 20.1 Å². The van der Waals surface area contributed by atoms with Crippen LogP contribution in [0.1, 0.15) is 41.5 Å². The summed E-state index contributed by atoms with van der Waals surface area (Å²) < 4.78 is 72.7. The van der Waals surface area contributed by atoms with Gasteiger partial charge in [0, 0.05) is 41.7 Å². The molecule has 0 spiro atoms. The third kappa shape index (κ3) is 7.01. The van der Waals surface area contributed by atoms with Gasteiger partial charge in [-0.3, -0.25) is 0 Å². The number of amides is 2. The number of aliphatic hydroxyl groups is 1. The van der Waals surface area contributed by atoms with Gasteiger partial charge in [-0.05, 0) is 43.5 Å². The molecule has 1 atom stereocenters. The van der Waals surface area contributed by atoms with Crippen LogP contribution in [0.15, 0.2) is 47.7 Å². The van der Waals surface area contributed by atoms with Crippen molar-refractivity contribution < 1.29 is 36.6 Å². The molecule has 1 aromatic carbocycles. The number of anilines is 1. The Morgan fingerprint density at radius 1 is 1.17 bits per heavy atom. The summed E-state index contributed by atoms with van der Waals surface area (Å²) in [5.74, 6) is -2.22. The van der Waals surface area contributed by atoms with Gasteiger partial charge in [-0.1, -0.05) is 17.2 Å². The third-order valence-electron chi connectivity index (χ3n) is 6.67. The lowest BCUT2D eigenvalue weighted by atomic mass is 9.85. The van der Waals surface area contributed by atoms with E-state index in [1.807, 2.05) is 0 Å². The van der Waals surface area contributed by atoms with Gasteiger partial charge in [-0.2, -0.15) is 13.2 Å². The van der Waals surface area contributed by atoms with Crippen LogP contribution in [0, 0.1) is 18.6 Å². The van der Waals surface area contributed by atoms with Crippen molar-refractivity contribution in [2.24, 2.45) is 5.11 Å². The molecule has 3 heterocycles. The summed E-state index contributed by atoms with van der Waals surface area (Å²) in [6.07, 6.45) is -2.71. The molecule has 1 fully saturated rings. The molecule has 11 nitrogen and oxygen atoms in total. The Balaban J connectivity index is 1.54. The van der Waals surface area contributed by atoms with Crippen LogP contribution in [-0.2, 0) is 11.8 Å². The number of hydrogen-bond acceptors (Lipinski definition) is 7. The maximum atomic E-state index is 14.0. The van der Waals surface area contributed by atoms with Gasteiger partial charge >= 0.3 is 12.2 Å². The van der Waals surface area contributed by atoms with Crippen molar-refractivity contribution in [3.63, 3.8) is 0 Å². The number of piperidine rings is 1. The summed E-state index contributed by atoms with van der Waals surface area (Å²) in [5.41, 5.74) is 5.62. The fourth-order valence-corrected chi connectivity index (χ4v) is 4.52. The number of urea groups is 1. The number of aryl methyl sites for hydroxylation is 1. The number of hydrogen-bond donors (Lipinski definition) is 2. The minimum absolute atomic E-state index is 0.129. The van der Waals surface area contributed by atoms with Crippen molar-refractivity contribution in [3.05, 3.63) is 87.4 Å². The fourth-order valence-electron chi connectivity index (χ4n) is 4.52. The average molecular weight is 593 g/mol. The summed E-state index contributed by atoms with van der Waals surface area (Å²) >= 11 is 0. The number of azide groups is 1. The number of ether oxygens (including phenoxy) is 1. The third-order valence-corrected chi connectivity index (χ3v) is 6.67. The average Bonchev–Trinajstić information content (AvgIpc) is 2.96. The van der Waals surface area contributed by atoms with Crippen molar-refractivity contribution >= 4 is 11.7 Å². The van der Waals surface area contributed by atoms with Gasteiger partial charge in [0.05, 0.1) is 12.2 Å². The van der Waals surface area contributed by atoms with E-state index in [1.54, 1.807) is 6.92 Å². The second kappa shape index (κ2) is 12.5. The number of carbonyl (C=O) groups is 1. The van der Waals surface area contributed by atoms with E-state index in [0.29, 0.717) is 24.4 Å². The highest BCUT2D eigenvalue weighted by atomic mass is 19.4. The predicted octanol–water partition coefficient (Wildman–Crippen LogP) is 5.47. The maximum Gasteiger partial charge on any atom is 0.433 e. The molecule has 4 rings (SSSR count). The van der Waals surface area contributed by atoms with Crippen molar-refractivity contribution in [2.75, 3.05) is 31.6 Å². The number of halogens is 5. The number of alkyl halides is 3. The molecule has 42 heavy (non-hydrogen) atoms. The molecule has 1 unspecified atom stereocenters. The first-order chi connectivity index (χ1) is 19.9. The van der Waals surface area contributed by atoms with Crippen LogP contribution in [0.25, 0.3) is 10.4 Å². The summed E-state index contributed by atoms with van der Waals surface area (Å²) in [6.45, 7) is 0.768. The summed E-state index contributed by atoms with van der Waals surface area (Å²) in [4.78, 5) is 28.8. The van der Waals surface area contributed by atoms with Crippen LogP contribution in [0.3, 0.4) is 0 Å². The molecule has 2 aromatic heterocycles. The van der Waals surface area contributed by atoms with Gasteiger partial charge in [0.1, 0.15) is 41.0 Å². The molecular weight excluding hydrogens is 567 g/mol. The molecule has 222 valence electrons. The number of benzene rings is 1. The quantitative estimate of drug-likeness (QED) is 0.153. The summed E-state index contributed by atoms with van der Waals surface area (Å²) in [6, 6.07) is 5.58. The first kappa shape index (κ1) is 30.4. The molecule has 3 aromatic rings. The summed E-state index contributed by atoms with van der Waals surface area (Å²) in [7, 11) is 0. The number of nitrogens with one attached hydrogen (secondary N) is 1.